The van der Waals surface area contributed by atoms with Gasteiger partial charge in [0.25, 0.3) is 0 Å². The minimum Gasteiger partial charge on any atom is -0.379 e. The monoisotopic (exact) mass is 180 g/mol. The van der Waals surface area contributed by atoms with Gasteiger partial charge < -0.3 is 4.74 Å². The van der Waals surface area contributed by atoms with E-state index in [2.05, 4.69) is 5.10 Å². The second-order valence-corrected chi connectivity index (χ2v) is 3.19. The zero-order valence-electron chi connectivity index (χ0n) is 7.35. The van der Waals surface area contributed by atoms with Crippen molar-refractivity contribution in [2.75, 3.05) is 13.2 Å². The van der Waals surface area contributed by atoms with Crippen molar-refractivity contribution < 1.29 is 9.53 Å². The van der Waals surface area contributed by atoms with Crippen LogP contribution >= 0.6 is 0 Å². The third-order valence-electron chi connectivity index (χ3n) is 2.30. The Hall–Kier alpha value is -1.16. The molecule has 0 aliphatic carbocycles. The second-order valence-electron chi connectivity index (χ2n) is 3.19. The summed E-state index contributed by atoms with van der Waals surface area (Å²) in [5.41, 5.74) is 0.635. The van der Waals surface area contributed by atoms with Crippen LogP contribution in [0, 0.1) is 0 Å². The number of nitrogens with zero attached hydrogens (tertiary/aromatic N) is 2. The quantitative estimate of drug-likeness (QED) is 0.639. The smallest absolute Gasteiger partial charge is 0.168 e. The predicted molar refractivity (Wildman–Crippen MR) is 46.7 cm³/mol. The maximum absolute atomic E-state index is 10.6. The fraction of sp³-hybridized carbons (Fsp3) is 0.556. The third-order valence-corrected chi connectivity index (χ3v) is 2.30. The van der Waals surface area contributed by atoms with E-state index in [-0.39, 0.29) is 6.04 Å². The summed E-state index contributed by atoms with van der Waals surface area (Å²) in [7, 11) is 0. The molecular weight excluding hydrogens is 168 g/mol. The van der Waals surface area contributed by atoms with Gasteiger partial charge in [-0.2, -0.15) is 5.10 Å². The summed E-state index contributed by atoms with van der Waals surface area (Å²) in [4.78, 5) is 10.6. The SMILES string of the molecule is O=Cc1ccnn1C1CCCOC1. The Balaban J connectivity index is 2.17. The van der Waals surface area contributed by atoms with E-state index in [0.29, 0.717) is 12.3 Å². The highest BCUT2D eigenvalue weighted by atomic mass is 16.5. The maximum atomic E-state index is 10.6. The summed E-state index contributed by atoms with van der Waals surface area (Å²) < 4.78 is 7.08. The molecule has 1 saturated heterocycles. The number of aromatic nitrogens is 2. The minimum absolute atomic E-state index is 0.240. The Labute approximate surface area is 76.5 Å². The van der Waals surface area contributed by atoms with Crippen molar-refractivity contribution in [3.8, 4) is 0 Å². The molecule has 0 spiro atoms. The average molecular weight is 180 g/mol. The number of ether oxygens (including phenoxy) is 1. The van der Waals surface area contributed by atoms with Crippen molar-refractivity contribution in [3.63, 3.8) is 0 Å². The first-order valence-electron chi connectivity index (χ1n) is 4.48. The van der Waals surface area contributed by atoms with Crippen molar-refractivity contribution in [2.24, 2.45) is 0 Å². The number of carbonyl (C=O) groups is 1. The number of hydrogen-bond donors (Lipinski definition) is 0. The van der Waals surface area contributed by atoms with Gasteiger partial charge in [0.2, 0.25) is 0 Å². The lowest BCUT2D eigenvalue weighted by atomic mass is 10.1. The lowest BCUT2D eigenvalue weighted by Gasteiger charge is -2.23. The van der Waals surface area contributed by atoms with Crippen molar-refractivity contribution in [3.05, 3.63) is 18.0 Å². The molecule has 0 saturated carbocycles. The topological polar surface area (TPSA) is 44.1 Å². The molecule has 70 valence electrons. The van der Waals surface area contributed by atoms with E-state index >= 15 is 0 Å². The third kappa shape index (κ3) is 1.62. The van der Waals surface area contributed by atoms with E-state index in [1.165, 1.54) is 0 Å². The Morgan fingerprint density at radius 2 is 2.62 bits per heavy atom. The molecule has 1 aromatic rings. The average Bonchev–Trinajstić information content (AvgIpc) is 2.67. The summed E-state index contributed by atoms with van der Waals surface area (Å²) in [6.07, 6.45) is 4.57. The molecule has 0 N–H and O–H groups in total. The Kier molecular flexibility index (Phi) is 2.40. The highest BCUT2D eigenvalue weighted by Gasteiger charge is 2.18. The molecule has 13 heavy (non-hydrogen) atoms. The van der Waals surface area contributed by atoms with Crippen LogP contribution in [0.3, 0.4) is 0 Å². The van der Waals surface area contributed by atoms with Crippen molar-refractivity contribution in [2.45, 2.75) is 18.9 Å². The molecule has 1 aliphatic heterocycles. The zero-order valence-corrected chi connectivity index (χ0v) is 7.35. The van der Waals surface area contributed by atoms with Crippen LogP contribution in [0.15, 0.2) is 12.3 Å². The van der Waals surface area contributed by atoms with E-state index in [9.17, 15) is 4.79 Å². The summed E-state index contributed by atoms with van der Waals surface area (Å²) in [6.45, 7) is 1.50. The van der Waals surface area contributed by atoms with Crippen LogP contribution in [0.5, 0.6) is 0 Å². The van der Waals surface area contributed by atoms with Crippen molar-refractivity contribution in [1.82, 2.24) is 9.78 Å². The number of aldehydes is 1. The van der Waals surface area contributed by atoms with E-state index in [4.69, 9.17) is 4.74 Å². The van der Waals surface area contributed by atoms with Crippen LogP contribution in [-0.2, 0) is 4.74 Å². The van der Waals surface area contributed by atoms with Gasteiger partial charge >= 0.3 is 0 Å². The van der Waals surface area contributed by atoms with Gasteiger partial charge in [-0.15, -0.1) is 0 Å². The molecule has 0 bridgehead atoms. The van der Waals surface area contributed by atoms with E-state index in [1.807, 2.05) is 0 Å². The molecule has 2 rings (SSSR count). The van der Waals surface area contributed by atoms with Crippen molar-refractivity contribution >= 4 is 6.29 Å². The van der Waals surface area contributed by atoms with Crippen LogP contribution < -0.4 is 0 Å². The van der Waals surface area contributed by atoms with Crippen LogP contribution in [-0.4, -0.2) is 29.3 Å². The summed E-state index contributed by atoms with van der Waals surface area (Å²) in [5.74, 6) is 0. The van der Waals surface area contributed by atoms with Gasteiger partial charge in [-0.1, -0.05) is 0 Å². The first-order chi connectivity index (χ1) is 6.42. The highest BCUT2D eigenvalue weighted by Crippen LogP contribution is 2.19. The lowest BCUT2D eigenvalue weighted by Crippen LogP contribution is -2.23. The number of carbonyl (C=O) groups excluding carboxylic acids is 1. The molecule has 0 radical (unpaired) electrons. The molecule has 1 aromatic heterocycles. The van der Waals surface area contributed by atoms with E-state index in [1.54, 1.807) is 16.9 Å². The largest absolute Gasteiger partial charge is 0.379 e. The molecule has 1 unspecified atom stereocenters. The van der Waals surface area contributed by atoms with Gasteiger partial charge in [0.15, 0.2) is 6.29 Å². The lowest BCUT2D eigenvalue weighted by molar-refractivity contribution is 0.0539. The molecule has 1 aliphatic rings. The van der Waals surface area contributed by atoms with Crippen LogP contribution in [0.1, 0.15) is 29.4 Å². The predicted octanol–water partition coefficient (Wildman–Crippen LogP) is 1.05. The Bertz CT molecular complexity index is 290. The first-order valence-corrected chi connectivity index (χ1v) is 4.48. The Morgan fingerprint density at radius 1 is 1.69 bits per heavy atom. The molecule has 0 amide bonds. The van der Waals surface area contributed by atoms with Gasteiger partial charge in [0.05, 0.1) is 12.6 Å². The molecule has 4 nitrogen and oxygen atoms in total. The number of rotatable bonds is 2. The van der Waals surface area contributed by atoms with Gasteiger partial charge in [0, 0.05) is 12.8 Å². The van der Waals surface area contributed by atoms with E-state index < -0.39 is 0 Å². The molecule has 0 aromatic carbocycles. The standard InChI is InChI=1S/C9H12N2O2/c12-6-8-3-4-10-11(8)9-2-1-5-13-7-9/h3-4,6,9H,1-2,5,7H2. The summed E-state index contributed by atoms with van der Waals surface area (Å²) in [6, 6.07) is 1.96. The molecule has 1 atom stereocenters. The summed E-state index contributed by atoms with van der Waals surface area (Å²) in [5, 5.41) is 4.12. The molecule has 4 heteroatoms. The second kappa shape index (κ2) is 3.70. The fourth-order valence-electron chi connectivity index (χ4n) is 1.64. The molecular formula is C9H12N2O2. The normalized spacial score (nSPS) is 22.9. The van der Waals surface area contributed by atoms with Crippen LogP contribution in [0.25, 0.3) is 0 Å². The maximum Gasteiger partial charge on any atom is 0.168 e. The molecule has 2 heterocycles. The summed E-state index contributed by atoms with van der Waals surface area (Å²) >= 11 is 0. The minimum atomic E-state index is 0.240. The van der Waals surface area contributed by atoms with Gasteiger partial charge in [-0.25, -0.2) is 0 Å². The van der Waals surface area contributed by atoms with Crippen LogP contribution in [0.2, 0.25) is 0 Å². The Morgan fingerprint density at radius 3 is 3.31 bits per heavy atom. The first kappa shape index (κ1) is 8.44. The molecule has 1 fully saturated rings. The van der Waals surface area contributed by atoms with Crippen LogP contribution in [0.4, 0.5) is 0 Å². The van der Waals surface area contributed by atoms with E-state index in [0.717, 1.165) is 25.7 Å². The van der Waals surface area contributed by atoms with Gasteiger partial charge in [-0.3, -0.25) is 9.48 Å². The van der Waals surface area contributed by atoms with Gasteiger partial charge in [-0.05, 0) is 18.9 Å². The van der Waals surface area contributed by atoms with Gasteiger partial charge in [0.1, 0.15) is 5.69 Å². The van der Waals surface area contributed by atoms with Crippen molar-refractivity contribution in [1.29, 1.82) is 0 Å². The number of hydrogen-bond acceptors (Lipinski definition) is 3. The zero-order chi connectivity index (χ0) is 9.10. The fourth-order valence-corrected chi connectivity index (χ4v) is 1.64. The highest BCUT2D eigenvalue weighted by molar-refractivity contribution is 5.71.